The number of rotatable bonds is 8. The van der Waals surface area contributed by atoms with Gasteiger partial charge in [-0.1, -0.05) is 0 Å². The number of carbonyl (C=O) groups is 1. The van der Waals surface area contributed by atoms with Gasteiger partial charge in [-0.3, -0.25) is 4.79 Å². The smallest absolute Gasteiger partial charge is 0.255 e. The second kappa shape index (κ2) is 8.87. The predicted octanol–water partition coefficient (Wildman–Crippen LogP) is 4.46. The largest absolute Gasteiger partial charge is 0.492 e. The quantitative estimate of drug-likeness (QED) is 0.727. The first kappa shape index (κ1) is 19.9. The van der Waals surface area contributed by atoms with Crippen molar-refractivity contribution in [2.45, 2.75) is 40.2 Å². The summed E-state index contributed by atoms with van der Waals surface area (Å²) in [5.74, 6) is 2.34. The molecule has 28 heavy (non-hydrogen) atoms. The number of hydrogen-bond donors (Lipinski definition) is 1. The molecule has 1 amide bonds. The molecule has 1 heterocycles. The predicted molar refractivity (Wildman–Crippen MR) is 108 cm³/mol. The monoisotopic (exact) mass is 385 g/mol. The summed E-state index contributed by atoms with van der Waals surface area (Å²) < 4.78 is 22.7. The lowest BCUT2D eigenvalue weighted by atomic mass is 10.1. The van der Waals surface area contributed by atoms with Crippen molar-refractivity contribution in [3.63, 3.8) is 0 Å². The zero-order valence-corrected chi connectivity index (χ0v) is 16.8. The van der Waals surface area contributed by atoms with Crippen molar-refractivity contribution in [1.29, 1.82) is 0 Å². The van der Waals surface area contributed by atoms with Crippen LogP contribution in [0.3, 0.4) is 0 Å². The Balaban J connectivity index is 1.86. The second-order valence-electron chi connectivity index (χ2n) is 6.50. The molecule has 150 valence electrons. The van der Waals surface area contributed by atoms with Crippen LogP contribution in [0.2, 0.25) is 0 Å². The Morgan fingerprint density at radius 1 is 1.00 bits per heavy atom. The van der Waals surface area contributed by atoms with Gasteiger partial charge in [-0.15, -0.1) is 0 Å². The minimum absolute atomic E-state index is 0.121. The maximum atomic E-state index is 12.9. The number of amides is 1. The van der Waals surface area contributed by atoms with Crippen molar-refractivity contribution in [2.75, 3.05) is 25.1 Å². The molecular formula is C22H27NO5. The van der Waals surface area contributed by atoms with E-state index in [1.165, 1.54) is 0 Å². The summed E-state index contributed by atoms with van der Waals surface area (Å²) in [4.78, 5) is 12.9. The van der Waals surface area contributed by atoms with Gasteiger partial charge in [0, 0.05) is 23.6 Å². The number of anilines is 1. The molecule has 2 aromatic carbocycles. The van der Waals surface area contributed by atoms with E-state index in [0.29, 0.717) is 48.3 Å². The third kappa shape index (κ3) is 4.32. The maximum absolute atomic E-state index is 12.9. The van der Waals surface area contributed by atoms with E-state index in [1.807, 2.05) is 39.8 Å². The molecule has 6 heteroatoms. The van der Waals surface area contributed by atoms with Crippen LogP contribution in [0.1, 0.15) is 43.6 Å². The lowest BCUT2D eigenvalue weighted by Crippen LogP contribution is -2.13. The standard InChI is InChI=1S/C22H27NO5/c1-5-25-18-9-8-15(11-21(18)27-7-3)22(24)23-17-13-19-16(10-14(4)28-19)12-20(17)26-6-2/h8-9,11-14H,5-7,10H2,1-4H3,(H,23,24). The second-order valence-corrected chi connectivity index (χ2v) is 6.50. The highest BCUT2D eigenvalue weighted by molar-refractivity contribution is 6.05. The first-order valence-electron chi connectivity index (χ1n) is 9.73. The molecule has 0 radical (unpaired) electrons. The van der Waals surface area contributed by atoms with Crippen molar-refractivity contribution in [1.82, 2.24) is 0 Å². The average molecular weight is 385 g/mol. The Bertz CT molecular complexity index is 849. The van der Waals surface area contributed by atoms with Gasteiger partial charge >= 0.3 is 0 Å². The Morgan fingerprint density at radius 3 is 2.39 bits per heavy atom. The summed E-state index contributed by atoms with van der Waals surface area (Å²) in [5.41, 5.74) is 2.16. The van der Waals surface area contributed by atoms with Gasteiger partial charge in [-0.05, 0) is 52.0 Å². The molecule has 0 aliphatic carbocycles. The third-order valence-corrected chi connectivity index (χ3v) is 4.35. The highest BCUT2D eigenvalue weighted by Gasteiger charge is 2.23. The molecule has 0 saturated heterocycles. The molecule has 0 spiro atoms. The summed E-state index contributed by atoms with van der Waals surface area (Å²) in [7, 11) is 0. The van der Waals surface area contributed by atoms with Crippen molar-refractivity contribution >= 4 is 11.6 Å². The van der Waals surface area contributed by atoms with Crippen LogP contribution in [0.15, 0.2) is 30.3 Å². The van der Waals surface area contributed by atoms with Gasteiger partial charge in [-0.25, -0.2) is 0 Å². The van der Waals surface area contributed by atoms with E-state index in [-0.39, 0.29) is 12.0 Å². The van der Waals surface area contributed by atoms with Crippen LogP contribution in [0.5, 0.6) is 23.0 Å². The molecule has 1 aliphatic rings. The molecule has 1 aliphatic heterocycles. The Kier molecular flexibility index (Phi) is 6.29. The Labute approximate surface area is 165 Å². The van der Waals surface area contributed by atoms with E-state index in [0.717, 1.165) is 17.7 Å². The van der Waals surface area contributed by atoms with Crippen LogP contribution in [-0.2, 0) is 6.42 Å². The van der Waals surface area contributed by atoms with E-state index in [1.54, 1.807) is 18.2 Å². The molecule has 1 atom stereocenters. The van der Waals surface area contributed by atoms with Crippen molar-refractivity contribution in [3.05, 3.63) is 41.5 Å². The molecule has 0 saturated carbocycles. The van der Waals surface area contributed by atoms with Gasteiger partial charge in [-0.2, -0.15) is 0 Å². The van der Waals surface area contributed by atoms with Gasteiger partial charge in [0.05, 0.1) is 25.5 Å². The summed E-state index contributed by atoms with van der Waals surface area (Å²) >= 11 is 0. The average Bonchev–Trinajstić information content (AvgIpc) is 3.02. The molecule has 1 N–H and O–H groups in total. The van der Waals surface area contributed by atoms with Crippen LogP contribution in [0.4, 0.5) is 5.69 Å². The van der Waals surface area contributed by atoms with E-state index in [2.05, 4.69) is 5.32 Å². The van der Waals surface area contributed by atoms with Crippen LogP contribution in [0, 0.1) is 0 Å². The van der Waals surface area contributed by atoms with Crippen molar-refractivity contribution in [2.24, 2.45) is 0 Å². The van der Waals surface area contributed by atoms with Crippen LogP contribution in [-0.4, -0.2) is 31.8 Å². The molecule has 0 bridgehead atoms. The SMILES string of the molecule is CCOc1cc2c(cc1NC(=O)c1ccc(OCC)c(OCC)c1)OC(C)C2. The zero-order valence-electron chi connectivity index (χ0n) is 16.8. The van der Waals surface area contributed by atoms with Crippen LogP contribution < -0.4 is 24.3 Å². The first-order chi connectivity index (χ1) is 13.5. The molecular weight excluding hydrogens is 358 g/mol. The summed E-state index contributed by atoms with van der Waals surface area (Å²) in [6.07, 6.45) is 0.954. The van der Waals surface area contributed by atoms with Crippen LogP contribution in [0.25, 0.3) is 0 Å². The van der Waals surface area contributed by atoms with Crippen LogP contribution >= 0.6 is 0 Å². The summed E-state index contributed by atoms with van der Waals surface area (Å²) in [6.45, 7) is 9.25. The topological polar surface area (TPSA) is 66.0 Å². The fourth-order valence-corrected chi connectivity index (χ4v) is 3.20. The zero-order chi connectivity index (χ0) is 20.1. The Hall–Kier alpha value is -2.89. The number of carbonyl (C=O) groups excluding carboxylic acids is 1. The number of fused-ring (bicyclic) bond motifs is 1. The van der Waals surface area contributed by atoms with Gasteiger partial charge in [0.2, 0.25) is 0 Å². The number of ether oxygens (including phenoxy) is 4. The van der Waals surface area contributed by atoms with Crippen molar-refractivity contribution in [3.8, 4) is 23.0 Å². The van der Waals surface area contributed by atoms with Crippen molar-refractivity contribution < 1.29 is 23.7 Å². The molecule has 2 aromatic rings. The Morgan fingerprint density at radius 2 is 1.68 bits per heavy atom. The summed E-state index contributed by atoms with van der Waals surface area (Å²) in [6, 6.07) is 8.94. The highest BCUT2D eigenvalue weighted by atomic mass is 16.5. The number of hydrogen-bond acceptors (Lipinski definition) is 5. The van der Waals surface area contributed by atoms with Gasteiger partial charge in [0.1, 0.15) is 17.6 Å². The van der Waals surface area contributed by atoms with E-state index >= 15 is 0 Å². The van der Waals surface area contributed by atoms with Gasteiger partial charge in [0.25, 0.3) is 5.91 Å². The number of nitrogens with one attached hydrogen (secondary N) is 1. The maximum Gasteiger partial charge on any atom is 0.255 e. The fourth-order valence-electron chi connectivity index (χ4n) is 3.20. The lowest BCUT2D eigenvalue weighted by molar-refractivity contribution is 0.102. The minimum Gasteiger partial charge on any atom is -0.492 e. The van der Waals surface area contributed by atoms with Gasteiger partial charge in [0.15, 0.2) is 11.5 Å². The van der Waals surface area contributed by atoms with E-state index in [9.17, 15) is 4.79 Å². The molecule has 0 aromatic heterocycles. The molecule has 6 nitrogen and oxygen atoms in total. The highest BCUT2D eigenvalue weighted by Crippen LogP contribution is 2.38. The normalized spacial score (nSPS) is 14.8. The third-order valence-electron chi connectivity index (χ3n) is 4.35. The molecule has 1 unspecified atom stereocenters. The van der Waals surface area contributed by atoms with E-state index < -0.39 is 0 Å². The lowest BCUT2D eigenvalue weighted by Gasteiger charge is -2.15. The first-order valence-corrected chi connectivity index (χ1v) is 9.73. The molecule has 0 fully saturated rings. The fraction of sp³-hybridized carbons (Fsp3) is 0.409. The minimum atomic E-state index is -0.254. The summed E-state index contributed by atoms with van der Waals surface area (Å²) in [5, 5.41) is 2.94. The van der Waals surface area contributed by atoms with E-state index in [4.69, 9.17) is 18.9 Å². The number of benzene rings is 2. The molecule has 3 rings (SSSR count). The van der Waals surface area contributed by atoms with Gasteiger partial charge < -0.3 is 24.3 Å².